The van der Waals surface area contributed by atoms with Crippen LogP contribution in [-0.2, 0) is 4.74 Å². The van der Waals surface area contributed by atoms with Gasteiger partial charge < -0.3 is 10.1 Å². The van der Waals surface area contributed by atoms with Crippen molar-refractivity contribution < 1.29 is 4.74 Å². The van der Waals surface area contributed by atoms with Crippen LogP contribution in [0.3, 0.4) is 0 Å². The zero-order valence-electron chi connectivity index (χ0n) is 23.6. The van der Waals surface area contributed by atoms with Crippen molar-refractivity contribution in [3.63, 3.8) is 0 Å². The van der Waals surface area contributed by atoms with Gasteiger partial charge in [-0.25, -0.2) is 0 Å². The average Bonchev–Trinajstić information content (AvgIpc) is 2.69. The highest BCUT2D eigenvalue weighted by Crippen LogP contribution is 2.39. The molecule has 0 heterocycles. The molecule has 2 nitrogen and oxygen atoms in total. The van der Waals surface area contributed by atoms with Gasteiger partial charge in [0.25, 0.3) is 0 Å². The van der Waals surface area contributed by atoms with Gasteiger partial charge >= 0.3 is 0 Å². The molecule has 2 heteroatoms. The normalized spacial score (nSPS) is 12.0. The van der Waals surface area contributed by atoms with E-state index in [4.69, 9.17) is 4.74 Å². The van der Waals surface area contributed by atoms with Crippen LogP contribution in [0.1, 0.15) is 140 Å². The number of hydrogen-bond donors (Lipinski definition) is 1. The maximum absolute atomic E-state index is 5.21. The van der Waals surface area contributed by atoms with Gasteiger partial charge in [0.05, 0.1) is 0 Å². The summed E-state index contributed by atoms with van der Waals surface area (Å²) in [4.78, 5) is 0. The minimum absolute atomic E-state index is 0.418. The fraction of sp³-hybridized carbons (Fsp3) is 1.00. The fourth-order valence-electron chi connectivity index (χ4n) is 4.19. The lowest BCUT2D eigenvalue weighted by Crippen LogP contribution is -2.25. The van der Waals surface area contributed by atoms with Crippen LogP contribution in [0.2, 0.25) is 0 Å². The first kappa shape index (κ1) is 34.5. The molecule has 0 saturated carbocycles. The summed E-state index contributed by atoms with van der Waals surface area (Å²) < 4.78 is 5.21. The van der Waals surface area contributed by atoms with Gasteiger partial charge in [0, 0.05) is 13.7 Å². The van der Waals surface area contributed by atoms with Gasteiger partial charge in [0.2, 0.25) is 0 Å². The minimum Gasteiger partial charge on any atom is -0.385 e. The van der Waals surface area contributed by atoms with Gasteiger partial charge in [-0.1, -0.05) is 95.4 Å². The standard InChI is InChI=1S/C24H51NO.2C2H6/c1-9-22(2,3)15-11-10-12-18-25-19-13-16-23(4,5)21-24(6,7)17-14-20-26-8;2*1-2/h25H,9-21H2,1-8H3;2*1-2H3. The zero-order chi connectivity index (χ0) is 24.1. The molecule has 0 aliphatic carbocycles. The van der Waals surface area contributed by atoms with E-state index in [2.05, 4.69) is 53.8 Å². The Labute approximate surface area is 193 Å². The average molecular weight is 430 g/mol. The maximum atomic E-state index is 5.21. The summed E-state index contributed by atoms with van der Waals surface area (Å²) in [6, 6.07) is 0. The number of hydrogen-bond acceptors (Lipinski definition) is 2. The van der Waals surface area contributed by atoms with Crippen LogP contribution in [0.15, 0.2) is 0 Å². The molecule has 1 N–H and O–H groups in total. The van der Waals surface area contributed by atoms with E-state index in [1.807, 2.05) is 27.7 Å². The molecule has 0 amide bonds. The number of unbranched alkanes of at least 4 members (excludes halogenated alkanes) is 2. The van der Waals surface area contributed by atoms with Crippen molar-refractivity contribution in [1.82, 2.24) is 5.32 Å². The third-order valence-corrected chi connectivity index (χ3v) is 6.03. The predicted molar refractivity (Wildman–Crippen MR) is 141 cm³/mol. The van der Waals surface area contributed by atoms with Crippen molar-refractivity contribution in [1.29, 1.82) is 0 Å². The summed E-state index contributed by atoms with van der Waals surface area (Å²) in [7, 11) is 1.80. The van der Waals surface area contributed by atoms with Gasteiger partial charge in [-0.05, 0) is 74.3 Å². The molecular formula is C28H63NO. The minimum atomic E-state index is 0.418. The van der Waals surface area contributed by atoms with E-state index < -0.39 is 0 Å². The second kappa shape index (κ2) is 20.8. The Hall–Kier alpha value is -0.0800. The summed E-state index contributed by atoms with van der Waals surface area (Å²) in [5.74, 6) is 0. The van der Waals surface area contributed by atoms with Crippen LogP contribution in [0.5, 0.6) is 0 Å². The van der Waals surface area contributed by atoms with E-state index in [-0.39, 0.29) is 0 Å². The molecule has 0 aliphatic rings. The summed E-state index contributed by atoms with van der Waals surface area (Å²) in [6.45, 7) is 28.1. The van der Waals surface area contributed by atoms with E-state index >= 15 is 0 Å². The van der Waals surface area contributed by atoms with E-state index in [9.17, 15) is 0 Å². The molecule has 0 aliphatic heterocycles. The Balaban J connectivity index is -0.00000171. The van der Waals surface area contributed by atoms with Gasteiger partial charge in [0.1, 0.15) is 0 Å². The molecule has 0 aromatic heterocycles. The summed E-state index contributed by atoms with van der Waals surface area (Å²) in [5, 5.41) is 3.66. The Kier molecular flexibility index (Phi) is 23.9. The van der Waals surface area contributed by atoms with Crippen molar-refractivity contribution in [2.24, 2.45) is 16.2 Å². The van der Waals surface area contributed by atoms with Crippen LogP contribution in [0.25, 0.3) is 0 Å². The SMILES string of the molecule is CC.CC.CCC(C)(C)CCCCCNCCCC(C)(C)CC(C)(C)CCCOC. The van der Waals surface area contributed by atoms with Gasteiger partial charge in [-0.2, -0.15) is 0 Å². The molecule has 30 heavy (non-hydrogen) atoms. The maximum Gasteiger partial charge on any atom is 0.0462 e. The molecule has 0 unspecified atom stereocenters. The number of ether oxygens (including phenoxy) is 1. The van der Waals surface area contributed by atoms with Crippen LogP contribution in [0, 0.1) is 16.2 Å². The Morgan fingerprint density at radius 3 is 1.57 bits per heavy atom. The molecule has 0 fully saturated rings. The van der Waals surface area contributed by atoms with E-state index in [1.54, 1.807) is 7.11 Å². The summed E-state index contributed by atoms with van der Waals surface area (Å²) >= 11 is 0. The molecule has 0 spiro atoms. The quantitative estimate of drug-likeness (QED) is 0.232. The smallest absolute Gasteiger partial charge is 0.0462 e. The van der Waals surface area contributed by atoms with Crippen molar-refractivity contribution in [2.45, 2.75) is 140 Å². The topological polar surface area (TPSA) is 21.3 Å². The number of rotatable bonds is 17. The van der Waals surface area contributed by atoms with Gasteiger partial charge in [0.15, 0.2) is 0 Å². The van der Waals surface area contributed by atoms with Crippen LogP contribution >= 0.6 is 0 Å². The van der Waals surface area contributed by atoms with Crippen molar-refractivity contribution in [3.05, 3.63) is 0 Å². The monoisotopic (exact) mass is 429 g/mol. The number of nitrogens with one attached hydrogen (secondary N) is 1. The lowest BCUT2D eigenvalue weighted by Gasteiger charge is -2.35. The highest BCUT2D eigenvalue weighted by Gasteiger charge is 2.28. The van der Waals surface area contributed by atoms with Crippen molar-refractivity contribution in [2.75, 3.05) is 26.8 Å². The van der Waals surface area contributed by atoms with Gasteiger partial charge in [-0.3, -0.25) is 0 Å². The lowest BCUT2D eigenvalue weighted by molar-refractivity contribution is 0.138. The molecule has 186 valence electrons. The molecule has 0 rings (SSSR count). The third kappa shape index (κ3) is 24.2. The first-order chi connectivity index (χ1) is 14.0. The molecule has 0 saturated heterocycles. The lowest BCUT2D eigenvalue weighted by atomic mass is 9.71. The highest BCUT2D eigenvalue weighted by atomic mass is 16.5. The zero-order valence-corrected chi connectivity index (χ0v) is 23.6. The summed E-state index contributed by atoms with van der Waals surface area (Å²) in [6.07, 6.45) is 13.1. The van der Waals surface area contributed by atoms with Crippen LogP contribution in [0.4, 0.5) is 0 Å². The second-order valence-corrected chi connectivity index (χ2v) is 10.8. The predicted octanol–water partition coefficient (Wildman–Crippen LogP) is 9.27. The highest BCUT2D eigenvalue weighted by molar-refractivity contribution is 4.79. The molecule has 0 radical (unpaired) electrons. The molecule has 0 bridgehead atoms. The van der Waals surface area contributed by atoms with E-state index in [0.717, 1.165) is 6.61 Å². The fourth-order valence-corrected chi connectivity index (χ4v) is 4.19. The molecule has 0 atom stereocenters. The first-order valence-electron chi connectivity index (χ1n) is 13.2. The first-order valence-corrected chi connectivity index (χ1v) is 13.2. The Bertz CT molecular complexity index is 334. The van der Waals surface area contributed by atoms with E-state index in [1.165, 1.54) is 77.3 Å². The van der Waals surface area contributed by atoms with Crippen LogP contribution in [-0.4, -0.2) is 26.8 Å². The molecular weight excluding hydrogens is 366 g/mol. The number of methoxy groups -OCH3 is 1. The Morgan fingerprint density at radius 2 is 1.07 bits per heavy atom. The second-order valence-electron chi connectivity index (χ2n) is 10.8. The largest absolute Gasteiger partial charge is 0.385 e. The van der Waals surface area contributed by atoms with Crippen molar-refractivity contribution >= 4 is 0 Å². The van der Waals surface area contributed by atoms with Crippen LogP contribution < -0.4 is 5.32 Å². The third-order valence-electron chi connectivity index (χ3n) is 6.03. The Morgan fingerprint density at radius 1 is 0.600 bits per heavy atom. The summed E-state index contributed by atoms with van der Waals surface area (Å²) in [5.41, 5.74) is 1.39. The van der Waals surface area contributed by atoms with Gasteiger partial charge in [-0.15, -0.1) is 0 Å². The van der Waals surface area contributed by atoms with E-state index in [0.29, 0.717) is 16.2 Å². The molecule has 0 aromatic rings. The molecule has 0 aromatic carbocycles. The van der Waals surface area contributed by atoms with Crippen molar-refractivity contribution in [3.8, 4) is 0 Å².